The average molecular weight is 427 g/mol. The summed E-state index contributed by atoms with van der Waals surface area (Å²) in [6.45, 7) is 12.0. The van der Waals surface area contributed by atoms with Gasteiger partial charge in [-0.3, -0.25) is 9.59 Å². The van der Waals surface area contributed by atoms with E-state index in [4.69, 9.17) is 0 Å². The molecular weight excluding hydrogens is 396 g/mol. The Morgan fingerprint density at radius 1 is 0.630 bits per heavy atom. The molecule has 0 bridgehead atoms. The van der Waals surface area contributed by atoms with Crippen LogP contribution in [0.15, 0.2) is 0 Å². The van der Waals surface area contributed by atoms with Gasteiger partial charge < -0.3 is 10.6 Å². The van der Waals surface area contributed by atoms with Crippen molar-refractivity contribution in [2.45, 2.75) is 77.5 Å². The predicted molar refractivity (Wildman–Crippen MR) is 102 cm³/mol. The van der Waals surface area contributed by atoms with Crippen LogP contribution in [-0.4, -0.2) is 55.9 Å². The summed E-state index contributed by atoms with van der Waals surface area (Å²) in [5.74, 6) is -1.33. The lowest BCUT2D eigenvalue weighted by Gasteiger charge is -2.45. The quantitative estimate of drug-likeness (QED) is 0.396. The Labute approximate surface area is 161 Å². The number of amides is 2. The summed E-state index contributed by atoms with van der Waals surface area (Å²) in [4.78, 5) is 25.4. The Hall–Kier alpha value is -1.24. The lowest BCUT2D eigenvalue weighted by atomic mass is 9.81. The van der Waals surface area contributed by atoms with Crippen molar-refractivity contribution in [2.75, 3.05) is 5.08 Å². The van der Waals surface area contributed by atoms with Crippen LogP contribution in [0.1, 0.15) is 55.4 Å². The fourth-order valence-electron chi connectivity index (χ4n) is 2.33. The molecule has 2 amide bonds. The monoisotopic (exact) mass is 426 g/mol. The Kier molecular flexibility index (Phi) is 5.88. The molecule has 12 heteroatoms. The van der Waals surface area contributed by atoms with Crippen molar-refractivity contribution in [3.63, 3.8) is 0 Å². The van der Waals surface area contributed by atoms with Crippen molar-refractivity contribution in [1.82, 2.24) is 20.1 Å². The van der Waals surface area contributed by atoms with Gasteiger partial charge in [0.25, 0.3) is 0 Å². The molecule has 0 aromatic rings. The number of hydrogen-bond donors (Lipinski definition) is 4. The molecule has 0 unspecified atom stereocenters. The fraction of sp³-hybridized carbons (Fsp3) is 0.867. The van der Waals surface area contributed by atoms with Crippen LogP contribution in [0.2, 0.25) is 0 Å². The minimum atomic E-state index is -4.40. The van der Waals surface area contributed by atoms with E-state index in [0.29, 0.717) is 0 Å². The lowest BCUT2D eigenvalue weighted by molar-refractivity contribution is -0.132. The molecule has 0 radical (unpaired) electrons. The highest BCUT2D eigenvalue weighted by molar-refractivity contribution is 8.06. The summed E-state index contributed by atoms with van der Waals surface area (Å²) in [5, 5.41) is 4.14. The second kappa shape index (κ2) is 6.68. The summed E-state index contributed by atoms with van der Waals surface area (Å²) in [6, 6.07) is 0. The van der Waals surface area contributed by atoms with Crippen LogP contribution >= 0.6 is 0 Å². The Morgan fingerprint density at radius 2 is 0.889 bits per heavy atom. The van der Waals surface area contributed by atoms with Gasteiger partial charge in [-0.05, 0) is 55.4 Å². The van der Waals surface area contributed by atoms with E-state index in [2.05, 4.69) is 20.1 Å². The van der Waals surface area contributed by atoms with Crippen LogP contribution in [0.3, 0.4) is 0 Å². The number of hydrogen-bond acceptors (Lipinski definition) is 6. The third-order valence-corrected chi connectivity index (χ3v) is 8.81. The maximum Gasteiger partial charge on any atom is 0.241 e. The predicted octanol–water partition coefficient (Wildman–Crippen LogP) is -0.857. The molecule has 0 aromatic carbocycles. The van der Waals surface area contributed by atoms with E-state index in [-0.39, 0.29) is 0 Å². The van der Waals surface area contributed by atoms with E-state index < -0.39 is 59.1 Å². The van der Waals surface area contributed by atoms with E-state index >= 15 is 0 Å². The fourth-order valence-corrected chi connectivity index (χ4v) is 6.17. The molecule has 1 heterocycles. The van der Waals surface area contributed by atoms with E-state index in [1.54, 1.807) is 27.7 Å². The first-order valence-electron chi connectivity index (χ1n) is 8.31. The maximum atomic E-state index is 12.7. The molecule has 4 N–H and O–H groups in total. The molecule has 158 valence electrons. The molecule has 0 aliphatic carbocycles. The van der Waals surface area contributed by atoms with Gasteiger partial charge in [0.1, 0.15) is 11.1 Å². The molecule has 1 saturated heterocycles. The van der Waals surface area contributed by atoms with Crippen molar-refractivity contribution in [3.8, 4) is 0 Å². The molecule has 27 heavy (non-hydrogen) atoms. The topological polar surface area (TPSA) is 151 Å². The normalized spacial score (nSPS) is 29.2. The minimum absolute atomic E-state index is 0.665. The number of carbonyl (C=O) groups is 2. The summed E-state index contributed by atoms with van der Waals surface area (Å²) < 4.78 is 53.5. The zero-order chi connectivity index (χ0) is 21.7. The van der Waals surface area contributed by atoms with Crippen molar-refractivity contribution in [2.24, 2.45) is 0 Å². The maximum absolute atomic E-state index is 12.7. The van der Waals surface area contributed by atoms with Gasteiger partial charge in [-0.15, -0.1) is 0 Å². The highest BCUT2D eigenvalue weighted by Crippen LogP contribution is 2.24. The largest absolute Gasteiger partial charge is 0.347 e. The van der Waals surface area contributed by atoms with Crippen molar-refractivity contribution in [1.29, 1.82) is 0 Å². The first kappa shape index (κ1) is 23.8. The first-order chi connectivity index (χ1) is 11.6. The van der Waals surface area contributed by atoms with Gasteiger partial charge in [-0.25, -0.2) is 16.8 Å². The van der Waals surface area contributed by atoms with Gasteiger partial charge in [-0.1, -0.05) is 0 Å². The SMILES string of the molecule is CC1(C)NS(=O)(=O)CS(=O)(=O)NC(C)(C)C(=O)NC(C)(C)C(C)(C)NC1=O. The van der Waals surface area contributed by atoms with Crippen LogP contribution < -0.4 is 20.1 Å². The Morgan fingerprint density at radius 3 is 1.15 bits per heavy atom. The summed E-state index contributed by atoms with van der Waals surface area (Å²) >= 11 is 0. The zero-order valence-corrected chi connectivity index (χ0v) is 18.6. The molecule has 0 spiro atoms. The molecule has 0 aromatic heterocycles. The summed E-state index contributed by atoms with van der Waals surface area (Å²) in [6.07, 6.45) is 0. The van der Waals surface area contributed by atoms with E-state index in [1.165, 1.54) is 27.7 Å². The van der Waals surface area contributed by atoms with E-state index in [1.807, 2.05) is 0 Å². The molecule has 0 atom stereocenters. The van der Waals surface area contributed by atoms with Gasteiger partial charge in [0.15, 0.2) is 5.08 Å². The number of sulfonamides is 2. The molecule has 10 nitrogen and oxygen atoms in total. The lowest BCUT2D eigenvalue weighted by Crippen LogP contribution is -2.70. The van der Waals surface area contributed by atoms with Crippen molar-refractivity contribution < 1.29 is 26.4 Å². The van der Waals surface area contributed by atoms with Crippen molar-refractivity contribution in [3.05, 3.63) is 0 Å². The van der Waals surface area contributed by atoms with Crippen LogP contribution in [0, 0.1) is 0 Å². The smallest absolute Gasteiger partial charge is 0.241 e. The Balaban J connectivity index is 3.55. The zero-order valence-electron chi connectivity index (χ0n) is 17.0. The third kappa shape index (κ3) is 5.62. The van der Waals surface area contributed by atoms with Crippen LogP contribution in [0.5, 0.6) is 0 Å². The van der Waals surface area contributed by atoms with Gasteiger partial charge in [0, 0.05) is 0 Å². The number of nitrogens with one attached hydrogen (secondary N) is 4. The number of carbonyl (C=O) groups excluding carboxylic acids is 2. The van der Waals surface area contributed by atoms with E-state index in [0.717, 1.165) is 0 Å². The number of rotatable bonds is 0. The minimum Gasteiger partial charge on any atom is -0.347 e. The second-order valence-electron chi connectivity index (χ2n) is 8.96. The molecule has 1 aliphatic rings. The highest BCUT2D eigenvalue weighted by atomic mass is 32.3. The van der Waals surface area contributed by atoms with Gasteiger partial charge >= 0.3 is 0 Å². The molecule has 1 aliphatic heterocycles. The van der Waals surface area contributed by atoms with Crippen molar-refractivity contribution >= 4 is 31.9 Å². The van der Waals surface area contributed by atoms with Gasteiger partial charge in [-0.2, -0.15) is 9.44 Å². The molecule has 1 fully saturated rings. The summed E-state index contributed by atoms with van der Waals surface area (Å²) in [5.41, 5.74) is -5.22. The Bertz CT molecular complexity index is 772. The third-order valence-electron chi connectivity index (χ3n) is 4.68. The van der Waals surface area contributed by atoms with E-state index in [9.17, 15) is 26.4 Å². The molecule has 0 saturated carbocycles. The average Bonchev–Trinajstić information content (AvgIpc) is 2.31. The highest BCUT2D eigenvalue weighted by Gasteiger charge is 2.46. The van der Waals surface area contributed by atoms with Crippen LogP contribution in [-0.2, 0) is 29.6 Å². The second-order valence-corrected chi connectivity index (χ2v) is 12.8. The van der Waals surface area contributed by atoms with Crippen LogP contribution in [0.25, 0.3) is 0 Å². The van der Waals surface area contributed by atoms with Crippen LogP contribution in [0.4, 0.5) is 0 Å². The molecular formula is C15H30N4O6S2. The van der Waals surface area contributed by atoms with Gasteiger partial charge in [0.2, 0.25) is 31.9 Å². The molecule has 1 rings (SSSR count). The van der Waals surface area contributed by atoms with Gasteiger partial charge in [0.05, 0.1) is 11.1 Å². The standard InChI is InChI=1S/C15H30N4O6S2/c1-12(2)10(20)16-14(5,6)15(7,8)17-11(21)13(3,4)19-27(24,25)9-26(22,23)18-12/h18-19H,9H2,1-8H3,(H,16,20)(H,17,21). The first-order valence-corrected chi connectivity index (χ1v) is 11.6. The summed E-state index contributed by atoms with van der Waals surface area (Å²) in [7, 11) is -8.79.